The Labute approximate surface area is 133 Å². The molecular formula is C16H27ClN2O2. The Morgan fingerprint density at radius 3 is 2.52 bits per heavy atom. The quantitative estimate of drug-likeness (QED) is 0.673. The first-order valence-electron chi connectivity index (χ1n) is 7.33. The molecule has 21 heavy (non-hydrogen) atoms. The number of anilines is 1. The molecule has 1 aromatic carbocycles. The number of halogens is 1. The fraction of sp³-hybridized carbons (Fsp3) is 0.625. The van der Waals surface area contributed by atoms with Gasteiger partial charge in [0.05, 0.1) is 13.2 Å². The van der Waals surface area contributed by atoms with Crippen LogP contribution in [0.15, 0.2) is 18.2 Å². The molecule has 0 spiro atoms. The molecule has 0 unspecified atom stereocenters. The highest BCUT2D eigenvalue weighted by Crippen LogP contribution is 2.26. The van der Waals surface area contributed by atoms with Crippen LogP contribution in [0.4, 0.5) is 5.69 Å². The highest BCUT2D eigenvalue weighted by atomic mass is 35.5. The van der Waals surface area contributed by atoms with Crippen molar-refractivity contribution in [2.45, 2.75) is 26.4 Å². The summed E-state index contributed by atoms with van der Waals surface area (Å²) in [5.74, 6) is 0. The van der Waals surface area contributed by atoms with E-state index in [1.165, 1.54) is 11.3 Å². The Morgan fingerprint density at radius 1 is 1.19 bits per heavy atom. The Morgan fingerprint density at radius 2 is 1.90 bits per heavy atom. The molecule has 0 aromatic heterocycles. The lowest BCUT2D eigenvalue weighted by Gasteiger charge is -2.31. The van der Waals surface area contributed by atoms with Crippen molar-refractivity contribution in [2.75, 3.05) is 45.4 Å². The second-order valence-corrected chi connectivity index (χ2v) is 5.66. The monoisotopic (exact) mass is 314 g/mol. The van der Waals surface area contributed by atoms with Gasteiger partial charge in [-0.3, -0.25) is 0 Å². The minimum atomic E-state index is 0.386. The molecule has 1 rings (SSSR count). The number of hydrogen-bond acceptors (Lipinski definition) is 4. The maximum Gasteiger partial charge on any atom is 0.0637 e. The van der Waals surface area contributed by atoms with Crippen molar-refractivity contribution < 1.29 is 9.47 Å². The van der Waals surface area contributed by atoms with Crippen molar-refractivity contribution in [2.24, 2.45) is 0 Å². The largest absolute Gasteiger partial charge is 0.383 e. The second kappa shape index (κ2) is 10.0. The van der Waals surface area contributed by atoms with Gasteiger partial charge in [-0.2, -0.15) is 0 Å². The number of nitrogens with zero attached hydrogens (tertiary/aromatic N) is 1. The molecule has 0 heterocycles. The molecule has 0 radical (unpaired) electrons. The first kappa shape index (κ1) is 18.2. The summed E-state index contributed by atoms with van der Waals surface area (Å²) in [6.45, 7) is 8.24. The molecule has 0 aliphatic heterocycles. The Balaban J connectivity index is 2.87. The third-order valence-electron chi connectivity index (χ3n) is 3.31. The minimum absolute atomic E-state index is 0.386. The highest BCUT2D eigenvalue weighted by molar-refractivity contribution is 6.30. The lowest BCUT2D eigenvalue weighted by Crippen LogP contribution is -2.35. The van der Waals surface area contributed by atoms with Gasteiger partial charge in [-0.25, -0.2) is 0 Å². The summed E-state index contributed by atoms with van der Waals surface area (Å²) < 4.78 is 10.3. The highest BCUT2D eigenvalue weighted by Gasteiger charge is 2.14. The Bertz CT molecular complexity index is 413. The van der Waals surface area contributed by atoms with Crippen LogP contribution in [0.1, 0.15) is 19.4 Å². The standard InChI is InChI=1S/C16H27ClN2O2/c1-13(2)19(8-10-21-4)16-11-15(17)6-5-14(16)12-18-7-9-20-3/h5-6,11,13,18H,7-10,12H2,1-4H3. The maximum absolute atomic E-state index is 6.19. The predicted molar refractivity (Wildman–Crippen MR) is 89.4 cm³/mol. The molecule has 0 amide bonds. The number of hydrogen-bond donors (Lipinski definition) is 1. The van der Waals surface area contributed by atoms with E-state index in [-0.39, 0.29) is 0 Å². The molecule has 0 saturated carbocycles. The van der Waals surface area contributed by atoms with Crippen LogP contribution >= 0.6 is 11.6 Å². The number of rotatable bonds is 10. The SMILES string of the molecule is COCCNCc1ccc(Cl)cc1N(CCOC)C(C)C. The molecule has 5 heteroatoms. The van der Waals surface area contributed by atoms with E-state index in [2.05, 4.69) is 30.1 Å². The summed E-state index contributed by atoms with van der Waals surface area (Å²) in [5.41, 5.74) is 2.40. The van der Waals surface area contributed by atoms with Gasteiger partial charge >= 0.3 is 0 Å². The number of benzene rings is 1. The fourth-order valence-electron chi connectivity index (χ4n) is 2.20. The molecule has 0 saturated heterocycles. The molecule has 4 nitrogen and oxygen atoms in total. The molecular weight excluding hydrogens is 288 g/mol. The summed E-state index contributed by atoms with van der Waals surface area (Å²) in [5, 5.41) is 4.14. The van der Waals surface area contributed by atoms with E-state index in [1.54, 1.807) is 14.2 Å². The summed E-state index contributed by atoms with van der Waals surface area (Å²) in [6, 6.07) is 6.44. The lowest BCUT2D eigenvalue weighted by atomic mass is 10.1. The fourth-order valence-corrected chi connectivity index (χ4v) is 2.36. The predicted octanol–water partition coefficient (Wildman–Crippen LogP) is 2.94. The van der Waals surface area contributed by atoms with Crippen LogP contribution in [0.5, 0.6) is 0 Å². The van der Waals surface area contributed by atoms with Crippen molar-refractivity contribution in [1.82, 2.24) is 5.32 Å². The van der Waals surface area contributed by atoms with Crippen LogP contribution in [0.2, 0.25) is 5.02 Å². The second-order valence-electron chi connectivity index (χ2n) is 5.22. The van der Waals surface area contributed by atoms with Crippen LogP contribution in [-0.2, 0) is 16.0 Å². The van der Waals surface area contributed by atoms with Gasteiger partial charge in [0.25, 0.3) is 0 Å². The maximum atomic E-state index is 6.19. The summed E-state index contributed by atoms with van der Waals surface area (Å²) in [6.07, 6.45) is 0. The Kier molecular flexibility index (Phi) is 8.69. The summed E-state index contributed by atoms with van der Waals surface area (Å²) in [7, 11) is 3.43. The van der Waals surface area contributed by atoms with Crippen LogP contribution in [0.3, 0.4) is 0 Å². The number of methoxy groups -OCH3 is 2. The van der Waals surface area contributed by atoms with E-state index in [1.807, 2.05) is 12.1 Å². The van der Waals surface area contributed by atoms with Gasteiger partial charge in [-0.1, -0.05) is 17.7 Å². The van der Waals surface area contributed by atoms with Crippen molar-refractivity contribution in [1.29, 1.82) is 0 Å². The average Bonchev–Trinajstić information content (AvgIpc) is 2.45. The lowest BCUT2D eigenvalue weighted by molar-refractivity contribution is 0.199. The number of ether oxygens (including phenoxy) is 2. The van der Waals surface area contributed by atoms with Gasteiger partial charge in [0, 0.05) is 50.6 Å². The topological polar surface area (TPSA) is 33.7 Å². The molecule has 1 aromatic rings. The molecule has 0 aliphatic carbocycles. The van der Waals surface area contributed by atoms with Crippen LogP contribution in [0.25, 0.3) is 0 Å². The molecule has 120 valence electrons. The van der Waals surface area contributed by atoms with Crippen molar-refractivity contribution in [3.63, 3.8) is 0 Å². The van der Waals surface area contributed by atoms with E-state index in [0.717, 1.165) is 24.7 Å². The molecule has 1 N–H and O–H groups in total. The third kappa shape index (κ3) is 6.22. The molecule has 0 fully saturated rings. The molecule has 0 atom stereocenters. The molecule has 0 aliphatic rings. The van der Waals surface area contributed by atoms with E-state index < -0.39 is 0 Å². The minimum Gasteiger partial charge on any atom is -0.383 e. The van der Waals surface area contributed by atoms with Crippen LogP contribution in [0, 0.1) is 0 Å². The zero-order valence-electron chi connectivity index (χ0n) is 13.5. The smallest absolute Gasteiger partial charge is 0.0637 e. The van der Waals surface area contributed by atoms with Crippen LogP contribution < -0.4 is 10.2 Å². The van der Waals surface area contributed by atoms with Gasteiger partial charge in [0.2, 0.25) is 0 Å². The van der Waals surface area contributed by atoms with Crippen molar-refractivity contribution in [3.05, 3.63) is 28.8 Å². The zero-order chi connectivity index (χ0) is 15.7. The van der Waals surface area contributed by atoms with E-state index >= 15 is 0 Å². The zero-order valence-corrected chi connectivity index (χ0v) is 14.2. The van der Waals surface area contributed by atoms with Crippen LogP contribution in [-0.4, -0.2) is 46.6 Å². The number of nitrogens with one attached hydrogen (secondary N) is 1. The first-order valence-corrected chi connectivity index (χ1v) is 7.71. The average molecular weight is 315 g/mol. The van der Waals surface area contributed by atoms with Gasteiger partial charge in [0.15, 0.2) is 0 Å². The van der Waals surface area contributed by atoms with E-state index in [4.69, 9.17) is 21.1 Å². The van der Waals surface area contributed by atoms with E-state index in [9.17, 15) is 0 Å². The van der Waals surface area contributed by atoms with Gasteiger partial charge in [-0.05, 0) is 31.5 Å². The summed E-state index contributed by atoms with van der Waals surface area (Å²) in [4.78, 5) is 2.32. The first-order chi connectivity index (χ1) is 10.1. The summed E-state index contributed by atoms with van der Waals surface area (Å²) >= 11 is 6.19. The van der Waals surface area contributed by atoms with Gasteiger partial charge in [0.1, 0.15) is 0 Å². The Hall–Kier alpha value is -0.810. The van der Waals surface area contributed by atoms with Gasteiger partial charge < -0.3 is 19.7 Å². The van der Waals surface area contributed by atoms with Gasteiger partial charge in [-0.15, -0.1) is 0 Å². The normalized spacial score (nSPS) is 11.1. The molecule has 0 bridgehead atoms. The van der Waals surface area contributed by atoms with Crippen molar-refractivity contribution in [3.8, 4) is 0 Å². The third-order valence-corrected chi connectivity index (χ3v) is 3.55. The van der Waals surface area contributed by atoms with E-state index in [0.29, 0.717) is 19.3 Å². The van der Waals surface area contributed by atoms with Crippen molar-refractivity contribution >= 4 is 17.3 Å².